The molecule has 0 unspecified atom stereocenters. The van der Waals surface area contributed by atoms with Gasteiger partial charge in [0.1, 0.15) is 17.8 Å². The van der Waals surface area contributed by atoms with Crippen molar-refractivity contribution in [3.63, 3.8) is 0 Å². The highest BCUT2D eigenvalue weighted by atomic mass is 19.4. The summed E-state index contributed by atoms with van der Waals surface area (Å²) in [7, 11) is 0. The van der Waals surface area contributed by atoms with Gasteiger partial charge in [0.05, 0.1) is 5.39 Å². The van der Waals surface area contributed by atoms with Crippen LogP contribution in [-0.2, 0) is 5.92 Å². The Labute approximate surface area is 216 Å². The Bertz CT molecular complexity index is 1520. The molecular formula is C24H20F7N7O. The number of carbonyl (C=O) groups excluding carboxylic acids is 1. The molecule has 206 valence electrons. The van der Waals surface area contributed by atoms with Gasteiger partial charge in [-0.25, -0.2) is 19.4 Å². The van der Waals surface area contributed by atoms with Crippen molar-refractivity contribution in [2.45, 2.75) is 37.9 Å². The first-order valence-electron chi connectivity index (χ1n) is 11.2. The number of hydrogen-bond acceptors (Lipinski definition) is 5. The number of hydrogen-bond donors (Lipinski definition) is 3. The van der Waals surface area contributed by atoms with Crippen LogP contribution in [0, 0.1) is 0 Å². The number of urea groups is 1. The maximum Gasteiger partial charge on any atom is 0.460 e. The molecule has 0 fully saturated rings. The molecule has 2 aromatic carbocycles. The maximum absolute atomic E-state index is 14.0. The zero-order valence-corrected chi connectivity index (χ0v) is 20.2. The van der Waals surface area contributed by atoms with Crippen LogP contribution in [0.25, 0.3) is 22.3 Å². The number of amides is 2. The van der Waals surface area contributed by atoms with E-state index in [0.29, 0.717) is 34.4 Å². The van der Waals surface area contributed by atoms with E-state index in [2.05, 4.69) is 25.7 Å². The fourth-order valence-electron chi connectivity index (χ4n) is 3.71. The lowest BCUT2D eigenvalue weighted by Crippen LogP contribution is -2.50. The summed E-state index contributed by atoms with van der Waals surface area (Å²) in [6, 6.07) is 7.87. The summed E-state index contributed by atoms with van der Waals surface area (Å²) in [6.45, 7) is 3.83. The molecule has 2 aromatic heterocycles. The molecule has 39 heavy (non-hydrogen) atoms. The number of nitrogens with zero attached hydrogens (tertiary/aromatic N) is 4. The van der Waals surface area contributed by atoms with E-state index in [-0.39, 0.29) is 17.5 Å². The highest BCUT2D eigenvalue weighted by Gasteiger charge is 2.73. The SMILES string of the molecule is CC(C)n1nc(-c2ccc(NC(=O)Nc3cccc(C(F)(F)C(F)(F)C(F)(F)F)c3)cc2)c2c(N)ncnc21. The molecule has 4 rings (SSSR count). The van der Waals surface area contributed by atoms with Crippen molar-refractivity contribution in [3.8, 4) is 11.3 Å². The van der Waals surface area contributed by atoms with Gasteiger partial charge in [0.2, 0.25) is 0 Å². The number of fused-ring (bicyclic) bond motifs is 1. The lowest BCUT2D eigenvalue weighted by atomic mass is 10.0. The zero-order valence-electron chi connectivity index (χ0n) is 20.2. The molecule has 2 amide bonds. The van der Waals surface area contributed by atoms with Crippen molar-refractivity contribution in [2.24, 2.45) is 0 Å². The van der Waals surface area contributed by atoms with E-state index in [9.17, 15) is 35.5 Å². The van der Waals surface area contributed by atoms with Gasteiger partial charge in [-0.1, -0.05) is 24.3 Å². The molecule has 4 aromatic rings. The van der Waals surface area contributed by atoms with Gasteiger partial charge in [-0.2, -0.15) is 35.8 Å². The summed E-state index contributed by atoms with van der Waals surface area (Å²) >= 11 is 0. The molecule has 0 aliphatic rings. The van der Waals surface area contributed by atoms with Crippen LogP contribution >= 0.6 is 0 Å². The van der Waals surface area contributed by atoms with Gasteiger partial charge >= 0.3 is 24.1 Å². The lowest BCUT2D eigenvalue weighted by molar-refractivity contribution is -0.359. The summed E-state index contributed by atoms with van der Waals surface area (Å²) in [6.07, 6.45) is -5.16. The molecule has 8 nitrogen and oxygen atoms in total. The van der Waals surface area contributed by atoms with Crippen LogP contribution in [0.4, 0.5) is 52.7 Å². The van der Waals surface area contributed by atoms with Crippen molar-refractivity contribution in [2.75, 3.05) is 16.4 Å². The highest BCUT2D eigenvalue weighted by Crippen LogP contribution is 2.52. The molecule has 15 heteroatoms. The topological polar surface area (TPSA) is 111 Å². The molecule has 0 aliphatic heterocycles. The van der Waals surface area contributed by atoms with E-state index in [1.807, 2.05) is 13.8 Å². The van der Waals surface area contributed by atoms with E-state index >= 15 is 0 Å². The molecule has 0 saturated carbocycles. The number of aromatic nitrogens is 4. The Hall–Kier alpha value is -4.43. The van der Waals surface area contributed by atoms with Gasteiger partial charge in [0.15, 0.2) is 5.65 Å². The summed E-state index contributed by atoms with van der Waals surface area (Å²) in [5.41, 5.74) is 5.90. The molecule has 0 aliphatic carbocycles. The highest BCUT2D eigenvalue weighted by molar-refractivity contribution is 6.01. The van der Waals surface area contributed by atoms with E-state index < -0.39 is 35.3 Å². The predicted octanol–water partition coefficient (Wildman–Crippen LogP) is 6.59. The van der Waals surface area contributed by atoms with Gasteiger partial charge in [0, 0.05) is 28.5 Å². The third-order valence-corrected chi connectivity index (χ3v) is 5.66. The number of nitrogen functional groups attached to an aromatic ring is 1. The molecule has 0 atom stereocenters. The van der Waals surface area contributed by atoms with Gasteiger partial charge in [-0.15, -0.1) is 0 Å². The maximum atomic E-state index is 14.0. The number of benzene rings is 2. The molecule has 4 N–H and O–H groups in total. The second-order valence-corrected chi connectivity index (χ2v) is 8.73. The van der Waals surface area contributed by atoms with Crippen LogP contribution in [0.1, 0.15) is 25.5 Å². The second kappa shape index (κ2) is 9.71. The van der Waals surface area contributed by atoms with E-state index in [1.54, 1.807) is 16.8 Å². The van der Waals surface area contributed by atoms with Gasteiger partial charge in [0.25, 0.3) is 0 Å². The average molecular weight is 555 g/mol. The fraction of sp³-hybridized carbons (Fsp3) is 0.250. The standard InChI is InChI=1S/C24H20F7N7O/c1-12(2)38-20-17(19(32)33-11-34-20)18(37-38)13-6-8-15(9-7-13)35-21(39)36-16-5-3-4-14(10-16)22(25,26)23(27,28)24(29,30)31/h3-12H,1-2H3,(H2,32,33,34)(H2,35,36,39). The van der Waals surface area contributed by atoms with Crippen LogP contribution in [0.3, 0.4) is 0 Å². The van der Waals surface area contributed by atoms with E-state index in [1.165, 1.54) is 18.5 Å². The zero-order chi connectivity index (χ0) is 28.8. The number of rotatable bonds is 6. The largest absolute Gasteiger partial charge is 0.460 e. The summed E-state index contributed by atoms with van der Waals surface area (Å²) < 4.78 is 94.0. The Morgan fingerprint density at radius 3 is 2.18 bits per heavy atom. The van der Waals surface area contributed by atoms with Gasteiger partial charge < -0.3 is 16.4 Å². The normalized spacial score (nSPS) is 12.7. The minimum absolute atomic E-state index is 0.0293. The molecule has 0 radical (unpaired) electrons. The quantitative estimate of drug-likeness (QED) is 0.233. The number of alkyl halides is 7. The minimum atomic E-state index is -6.48. The van der Waals surface area contributed by atoms with Crippen molar-refractivity contribution in [3.05, 3.63) is 60.4 Å². The average Bonchev–Trinajstić information content (AvgIpc) is 3.25. The third kappa shape index (κ3) is 5.03. The van der Waals surface area contributed by atoms with E-state index in [4.69, 9.17) is 5.73 Å². The van der Waals surface area contributed by atoms with Gasteiger partial charge in [-0.05, 0) is 38.1 Å². The third-order valence-electron chi connectivity index (χ3n) is 5.66. The number of carbonyl (C=O) groups is 1. The first kappa shape index (κ1) is 27.6. The molecule has 0 spiro atoms. The monoisotopic (exact) mass is 555 g/mol. The molecule has 0 bridgehead atoms. The van der Waals surface area contributed by atoms with Crippen molar-refractivity contribution in [1.29, 1.82) is 0 Å². The number of nitrogens with two attached hydrogens (primary N) is 1. The minimum Gasteiger partial charge on any atom is -0.383 e. The Morgan fingerprint density at radius 2 is 1.56 bits per heavy atom. The summed E-state index contributed by atoms with van der Waals surface area (Å²) in [5, 5.41) is 9.66. The van der Waals surface area contributed by atoms with Gasteiger partial charge in [-0.3, -0.25) is 0 Å². The molecule has 2 heterocycles. The number of nitrogens with one attached hydrogen (secondary N) is 2. The lowest BCUT2D eigenvalue weighted by Gasteiger charge is -2.28. The first-order valence-corrected chi connectivity index (χ1v) is 11.2. The van der Waals surface area contributed by atoms with Crippen molar-refractivity contribution >= 4 is 34.3 Å². The number of halogens is 7. The summed E-state index contributed by atoms with van der Waals surface area (Å²) in [4.78, 5) is 20.6. The van der Waals surface area contributed by atoms with Crippen LogP contribution in [-0.4, -0.2) is 37.9 Å². The second-order valence-electron chi connectivity index (χ2n) is 8.73. The van der Waals surface area contributed by atoms with Crippen LogP contribution in [0.2, 0.25) is 0 Å². The molecule has 0 saturated heterocycles. The van der Waals surface area contributed by atoms with Crippen molar-refractivity contribution < 1.29 is 35.5 Å². The Morgan fingerprint density at radius 1 is 0.923 bits per heavy atom. The number of anilines is 3. The Balaban J connectivity index is 1.52. The van der Waals surface area contributed by atoms with Crippen LogP contribution < -0.4 is 16.4 Å². The first-order chi connectivity index (χ1) is 18.1. The predicted molar refractivity (Wildman–Crippen MR) is 130 cm³/mol. The molecular weight excluding hydrogens is 535 g/mol. The fourth-order valence-corrected chi connectivity index (χ4v) is 3.71. The van der Waals surface area contributed by atoms with Crippen LogP contribution in [0.15, 0.2) is 54.9 Å². The van der Waals surface area contributed by atoms with Crippen LogP contribution in [0.5, 0.6) is 0 Å². The van der Waals surface area contributed by atoms with E-state index in [0.717, 1.165) is 12.1 Å². The summed E-state index contributed by atoms with van der Waals surface area (Å²) in [5.74, 6) is -11.7. The van der Waals surface area contributed by atoms with Crippen molar-refractivity contribution in [1.82, 2.24) is 19.7 Å². The smallest absolute Gasteiger partial charge is 0.383 e. The Kier molecular flexibility index (Phi) is 6.87.